The molecular weight excluding hydrogens is 444 g/mol. The minimum Gasteiger partial charge on any atom is -0.454 e. The van der Waals surface area contributed by atoms with Crippen LogP contribution in [0.5, 0.6) is 11.5 Å². The maximum Gasteiger partial charge on any atom is 0.266 e. The van der Waals surface area contributed by atoms with Crippen LogP contribution in [-0.2, 0) is 9.59 Å². The van der Waals surface area contributed by atoms with E-state index in [1.165, 1.54) is 18.2 Å². The Morgan fingerprint density at radius 2 is 2.06 bits per heavy atom. The summed E-state index contributed by atoms with van der Waals surface area (Å²) in [4.78, 5) is 29.8. The van der Waals surface area contributed by atoms with Crippen LogP contribution in [-0.4, -0.2) is 51.9 Å². The van der Waals surface area contributed by atoms with Gasteiger partial charge < -0.3 is 14.4 Å². The van der Waals surface area contributed by atoms with Crippen molar-refractivity contribution in [3.8, 4) is 11.5 Å². The molecule has 3 heterocycles. The third kappa shape index (κ3) is 5.29. The van der Waals surface area contributed by atoms with Crippen molar-refractivity contribution in [1.29, 1.82) is 0 Å². The van der Waals surface area contributed by atoms with Gasteiger partial charge in [-0.1, -0.05) is 43.4 Å². The number of piperidine rings is 1. The van der Waals surface area contributed by atoms with Crippen LogP contribution in [0.3, 0.4) is 0 Å². The van der Waals surface area contributed by atoms with Gasteiger partial charge in [-0.25, -0.2) is 0 Å². The first-order valence-corrected chi connectivity index (χ1v) is 12.7. The number of benzene rings is 1. The van der Waals surface area contributed by atoms with Crippen molar-refractivity contribution in [2.75, 3.05) is 19.9 Å². The molecule has 0 radical (unpaired) electrons. The molecule has 4 rings (SSSR count). The molecule has 3 aliphatic rings. The van der Waals surface area contributed by atoms with Crippen LogP contribution in [0.15, 0.2) is 23.1 Å². The number of thioether (sulfide) groups is 1. The first kappa shape index (κ1) is 23.1. The van der Waals surface area contributed by atoms with Gasteiger partial charge in [0.15, 0.2) is 11.5 Å². The molecular formula is C24H30N2O4S2. The molecule has 1 aromatic carbocycles. The highest BCUT2D eigenvalue weighted by atomic mass is 32.2. The summed E-state index contributed by atoms with van der Waals surface area (Å²) in [6, 6.07) is 6.05. The first-order valence-electron chi connectivity index (χ1n) is 11.5. The van der Waals surface area contributed by atoms with Crippen molar-refractivity contribution in [3.63, 3.8) is 0 Å². The summed E-state index contributed by atoms with van der Waals surface area (Å²) in [5.41, 5.74) is 0.886. The average Bonchev–Trinajstić information content (AvgIpc) is 3.37. The molecule has 32 heavy (non-hydrogen) atoms. The van der Waals surface area contributed by atoms with E-state index in [1.807, 2.05) is 24.3 Å². The number of rotatable bonds is 8. The number of thiocarbonyl (C=S) groups is 1. The summed E-state index contributed by atoms with van der Waals surface area (Å²) in [7, 11) is 0. The van der Waals surface area contributed by atoms with Crippen LogP contribution in [0.1, 0.15) is 63.9 Å². The number of carbonyl (C=O) groups excluding carboxylic acids is 2. The maximum atomic E-state index is 12.8. The minimum atomic E-state index is -0.0483. The number of hydrogen-bond donors (Lipinski definition) is 0. The van der Waals surface area contributed by atoms with Crippen molar-refractivity contribution in [2.24, 2.45) is 0 Å². The third-order valence-corrected chi connectivity index (χ3v) is 7.64. The lowest BCUT2D eigenvalue weighted by Crippen LogP contribution is -2.43. The summed E-state index contributed by atoms with van der Waals surface area (Å²) >= 11 is 6.78. The van der Waals surface area contributed by atoms with E-state index in [0.717, 1.165) is 56.4 Å². The molecule has 1 aromatic rings. The predicted molar refractivity (Wildman–Crippen MR) is 131 cm³/mol. The Morgan fingerprint density at radius 3 is 2.91 bits per heavy atom. The Balaban J connectivity index is 1.23. The Kier molecular flexibility index (Phi) is 7.73. The highest BCUT2D eigenvalue weighted by Crippen LogP contribution is 2.36. The quantitative estimate of drug-likeness (QED) is 0.301. The molecule has 0 bridgehead atoms. The highest BCUT2D eigenvalue weighted by Gasteiger charge is 2.31. The molecule has 2 saturated heterocycles. The minimum absolute atomic E-state index is 0.0483. The van der Waals surface area contributed by atoms with Gasteiger partial charge in [-0.05, 0) is 62.3 Å². The summed E-state index contributed by atoms with van der Waals surface area (Å²) in [6.07, 6.45) is 9.58. The second kappa shape index (κ2) is 10.7. The molecule has 2 amide bonds. The normalized spacial score (nSPS) is 21.7. The Labute approximate surface area is 199 Å². The van der Waals surface area contributed by atoms with E-state index in [2.05, 4.69) is 11.8 Å². The number of likely N-dealkylation sites (tertiary alicyclic amines) is 1. The van der Waals surface area contributed by atoms with E-state index < -0.39 is 0 Å². The van der Waals surface area contributed by atoms with E-state index in [0.29, 0.717) is 34.0 Å². The fourth-order valence-electron chi connectivity index (χ4n) is 4.47. The number of carbonyl (C=O) groups is 2. The SMILES string of the molecule is CCC1CCCCN1C(=O)CCCCCN1C(=O)/C(=C/c2ccc3c(c2)OCO3)SC1=S. The van der Waals surface area contributed by atoms with Gasteiger partial charge in [0, 0.05) is 25.6 Å². The predicted octanol–water partition coefficient (Wildman–Crippen LogP) is 4.97. The van der Waals surface area contributed by atoms with Crippen LogP contribution in [0.25, 0.3) is 6.08 Å². The molecule has 0 aromatic heterocycles. The number of hydrogen-bond acceptors (Lipinski definition) is 6. The lowest BCUT2D eigenvalue weighted by atomic mass is 9.99. The largest absolute Gasteiger partial charge is 0.454 e. The molecule has 0 spiro atoms. The van der Waals surface area contributed by atoms with Gasteiger partial charge >= 0.3 is 0 Å². The van der Waals surface area contributed by atoms with E-state index in [4.69, 9.17) is 21.7 Å². The van der Waals surface area contributed by atoms with Crippen molar-refractivity contribution in [3.05, 3.63) is 28.7 Å². The molecule has 2 fully saturated rings. The van der Waals surface area contributed by atoms with Crippen molar-refractivity contribution >= 4 is 46.2 Å². The lowest BCUT2D eigenvalue weighted by Gasteiger charge is -2.35. The fourth-order valence-corrected chi connectivity index (χ4v) is 5.78. The Morgan fingerprint density at radius 1 is 1.22 bits per heavy atom. The van der Waals surface area contributed by atoms with E-state index in [-0.39, 0.29) is 18.6 Å². The van der Waals surface area contributed by atoms with E-state index >= 15 is 0 Å². The molecule has 1 unspecified atom stereocenters. The Bertz CT molecular complexity index is 917. The monoisotopic (exact) mass is 474 g/mol. The first-order chi connectivity index (χ1) is 15.6. The zero-order valence-electron chi connectivity index (χ0n) is 18.5. The number of amides is 2. The molecule has 3 aliphatic heterocycles. The fraction of sp³-hybridized carbons (Fsp3) is 0.542. The zero-order chi connectivity index (χ0) is 22.5. The second-order valence-corrected chi connectivity index (χ2v) is 10.1. The smallest absolute Gasteiger partial charge is 0.266 e. The lowest BCUT2D eigenvalue weighted by molar-refractivity contribution is -0.135. The molecule has 6 nitrogen and oxygen atoms in total. The second-order valence-electron chi connectivity index (χ2n) is 8.40. The standard InChI is InChI=1S/C24H30N2O4S2/c1-2-18-8-5-7-12-25(18)22(27)9-4-3-6-13-26-23(28)21(32-24(26)31)15-17-10-11-19-20(14-17)30-16-29-19/h10-11,14-15,18H,2-9,12-13,16H2,1H3/b21-15-. The maximum absolute atomic E-state index is 12.8. The molecule has 172 valence electrons. The highest BCUT2D eigenvalue weighted by molar-refractivity contribution is 8.26. The van der Waals surface area contributed by atoms with Crippen LogP contribution in [0.4, 0.5) is 0 Å². The molecule has 0 N–H and O–H groups in total. The van der Waals surface area contributed by atoms with Crippen LogP contribution < -0.4 is 9.47 Å². The molecule has 1 atom stereocenters. The molecule has 0 saturated carbocycles. The molecule has 0 aliphatic carbocycles. The van der Waals surface area contributed by atoms with Gasteiger partial charge in [0.05, 0.1) is 4.91 Å². The van der Waals surface area contributed by atoms with Gasteiger partial charge in [-0.2, -0.15) is 0 Å². The number of fused-ring (bicyclic) bond motifs is 1. The molecule has 8 heteroatoms. The number of unbranched alkanes of at least 4 members (excludes halogenated alkanes) is 2. The third-order valence-electron chi connectivity index (χ3n) is 6.26. The summed E-state index contributed by atoms with van der Waals surface area (Å²) < 4.78 is 11.3. The van der Waals surface area contributed by atoms with E-state index in [9.17, 15) is 9.59 Å². The van der Waals surface area contributed by atoms with E-state index in [1.54, 1.807) is 4.90 Å². The van der Waals surface area contributed by atoms with Gasteiger partial charge in [0.2, 0.25) is 12.7 Å². The number of ether oxygens (including phenoxy) is 2. The Hall–Kier alpha value is -2.06. The number of nitrogens with zero attached hydrogens (tertiary/aromatic N) is 2. The summed E-state index contributed by atoms with van der Waals surface area (Å²) in [5.74, 6) is 1.65. The van der Waals surface area contributed by atoms with Gasteiger partial charge in [-0.15, -0.1) is 0 Å². The van der Waals surface area contributed by atoms with Crippen molar-refractivity contribution < 1.29 is 19.1 Å². The van der Waals surface area contributed by atoms with Crippen LogP contribution >= 0.6 is 24.0 Å². The summed E-state index contributed by atoms with van der Waals surface area (Å²) in [6.45, 7) is 3.89. The summed E-state index contributed by atoms with van der Waals surface area (Å²) in [5, 5.41) is 0. The van der Waals surface area contributed by atoms with Gasteiger partial charge in [0.1, 0.15) is 4.32 Å². The van der Waals surface area contributed by atoms with Crippen LogP contribution in [0.2, 0.25) is 0 Å². The van der Waals surface area contributed by atoms with Crippen LogP contribution in [0, 0.1) is 0 Å². The van der Waals surface area contributed by atoms with Gasteiger partial charge in [-0.3, -0.25) is 14.5 Å². The van der Waals surface area contributed by atoms with Crippen molar-refractivity contribution in [1.82, 2.24) is 9.80 Å². The topological polar surface area (TPSA) is 59.1 Å². The zero-order valence-corrected chi connectivity index (χ0v) is 20.1. The average molecular weight is 475 g/mol. The van der Waals surface area contributed by atoms with Crippen molar-refractivity contribution in [2.45, 2.75) is 64.3 Å². The van der Waals surface area contributed by atoms with Gasteiger partial charge in [0.25, 0.3) is 5.91 Å².